The quantitative estimate of drug-likeness (QED) is 0.662. The van der Waals surface area contributed by atoms with Crippen LogP contribution in [0.2, 0.25) is 0 Å². The number of allylic oxidation sites excluding steroid dienone is 1. The van der Waals surface area contributed by atoms with Gasteiger partial charge >= 0.3 is 6.18 Å². The van der Waals surface area contributed by atoms with E-state index in [1.165, 1.54) is 24.3 Å². The molecule has 4 heteroatoms. The summed E-state index contributed by atoms with van der Waals surface area (Å²) in [5.74, 6) is 0.201. The van der Waals surface area contributed by atoms with Crippen LogP contribution in [0.15, 0.2) is 30.3 Å². The Labute approximate surface area is 85.0 Å². The molecule has 14 heavy (non-hydrogen) atoms. The number of hydrogen-bond acceptors (Lipinski definition) is 0. The normalized spacial score (nSPS) is 12.3. The molecule has 0 nitrogen and oxygen atoms in total. The molecular formula is C10H8ClF3. The highest BCUT2D eigenvalue weighted by atomic mass is 35.5. The van der Waals surface area contributed by atoms with E-state index in [0.29, 0.717) is 0 Å². The smallest absolute Gasteiger partial charge is 0.166 e. The molecule has 0 heterocycles. The van der Waals surface area contributed by atoms with Crippen molar-refractivity contribution in [2.24, 2.45) is 0 Å². The summed E-state index contributed by atoms with van der Waals surface area (Å²) in [6.45, 7) is 0. The molecule has 0 aliphatic heterocycles. The third-order valence-corrected chi connectivity index (χ3v) is 1.83. The maximum atomic E-state index is 12.4. The fraction of sp³-hybridized carbons (Fsp3) is 0.200. The molecule has 0 spiro atoms. The first-order chi connectivity index (χ1) is 6.55. The third kappa shape index (κ3) is 2.77. The van der Waals surface area contributed by atoms with Gasteiger partial charge in [0, 0.05) is 5.88 Å². The second-order valence-electron chi connectivity index (χ2n) is 2.64. The van der Waals surface area contributed by atoms with Crippen LogP contribution in [0.1, 0.15) is 11.1 Å². The monoisotopic (exact) mass is 220 g/mol. The van der Waals surface area contributed by atoms with Crippen LogP contribution in [0.25, 0.3) is 6.08 Å². The largest absolute Gasteiger partial charge is 0.416 e. The first-order valence-electron chi connectivity index (χ1n) is 3.94. The van der Waals surface area contributed by atoms with Crippen LogP contribution in [0, 0.1) is 0 Å². The molecule has 0 aliphatic rings. The molecular weight excluding hydrogens is 213 g/mol. The van der Waals surface area contributed by atoms with Crippen molar-refractivity contribution < 1.29 is 13.2 Å². The minimum atomic E-state index is -4.31. The van der Waals surface area contributed by atoms with Gasteiger partial charge in [0.1, 0.15) is 0 Å². The number of halogens is 4. The number of benzene rings is 1. The van der Waals surface area contributed by atoms with E-state index in [9.17, 15) is 13.2 Å². The Morgan fingerprint density at radius 2 is 1.86 bits per heavy atom. The Morgan fingerprint density at radius 3 is 2.43 bits per heavy atom. The van der Waals surface area contributed by atoms with Gasteiger partial charge in [-0.3, -0.25) is 0 Å². The average Bonchev–Trinajstić information content (AvgIpc) is 2.14. The van der Waals surface area contributed by atoms with Crippen LogP contribution >= 0.6 is 11.6 Å². The molecule has 0 unspecified atom stereocenters. The third-order valence-electron chi connectivity index (χ3n) is 1.65. The lowest BCUT2D eigenvalue weighted by molar-refractivity contribution is -0.137. The van der Waals surface area contributed by atoms with Crippen molar-refractivity contribution in [1.82, 2.24) is 0 Å². The van der Waals surface area contributed by atoms with Gasteiger partial charge in [0.2, 0.25) is 0 Å². The molecule has 0 saturated carbocycles. The predicted octanol–water partition coefficient (Wildman–Crippen LogP) is 3.96. The molecule has 0 amide bonds. The standard InChI is InChI=1S/C10H8ClF3/c11-7-3-5-8-4-1-2-6-9(8)10(12,13)14/h1-6H,7H2/b5-3+. The van der Waals surface area contributed by atoms with Gasteiger partial charge in [0.05, 0.1) is 5.56 Å². The van der Waals surface area contributed by atoms with Crippen molar-refractivity contribution in [2.45, 2.75) is 6.18 Å². The molecule has 0 fully saturated rings. The van der Waals surface area contributed by atoms with Crippen molar-refractivity contribution in [1.29, 1.82) is 0 Å². The van der Waals surface area contributed by atoms with E-state index in [4.69, 9.17) is 11.6 Å². The molecule has 76 valence electrons. The van der Waals surface area contributed by atoms with Crippen LogP contribution in [-0.4, -0.2) is 5.88 Å². The maximum Gasteiger partial charge on any atom is 0.416 e. The van der Waals surface area contributed by atoms with Crippen molar-refractivity contribution in [3.05, 3.63) is 41.5 Å². The minimum Gasteiger partial charge on any atom is -0.166 e. The first kappa shape index (κ1) is 11.1. The topological polar surface area (TPSA) is 0 Å². The average molecular weight is 221 g/mol. The summed E-state index contributed by atoms with van der Waals surface area (Å²) in [6.07, 6.45) is -1.46. The van der Waals surface area contributed by atoms with Crippen LogP contribution < -0.4 is 0 Å². The molecule has 0 aromatic heterocycles. The lowest BCUT2D eigenvalue weighted by Crippen LogP contribution is -2.06. The van der Waals surface area contributed by atoms with Gasteiger partial charge in [0.25, 0.3) is 0 Å². The van der Waals surface area contributed by atoms with Crippen molar-refractivity contribution in [3.63, 3.8) is 0 Å². The Morgan fingerprint density at radius 1 is 1.21 bits per heavy atom. The second-order valence-corrected chi connectivity index (χ2v) is 2.95. The van der Waals surface area contributed by atoms with E-state index in [2.05, 4.69) is 0 Å². The molecule has 1 aromatic carbocycles. The fourth-order valence-electron chi connectivity index (χ4n) is 1.07. The maximum absolute atomic E-state index is 12.4. The first-order valence-corrected chi connectivity index (χ1v) is 4.48. The number of rotatable bonds is 2. The lowest BCUT2D eigenvalue weighted by Gasteiger charge is -2.09. The molecule has 0 saturated heterocycles. The van der Waals surface area contributed by atoms with Gasteiger partial charge in [-0.05, 0) is 11.6 Å². The van der Waals surface area contributed by atoms with E-state index in [-0.39, 0.29) is 11.4 Å². The van der Waals surface area contributed by atoms with Crippen molar-refractivity contribution in [3.8, 4) is 0 Å². The highest BCUT2D eigenvalue weighted by Gasteiger charge is 2.32. The van der Waals surface area contributed by atoms with Crippen LogP contribution in [0.3, 0.4) is 0 Å². The summed E-state index contributed by atoms with van der Waals surface area (Å²) < 4.78 is 37.2. The highest BCUT2D eigenvalue weighted by Crippen LogP contribution is 2.32. The highest BCUT2D eigenvalue weighted by molar-refractivity contribution is 6.19. The SMILES string of the molecule is FC(F)(F)c1ccccc1/C=C/CCl. The molecule has 1 aromatic rings. The number of alkyl halides is 4. The summed E-state index contributed by atoms with van der Waals surface area (Å²) in [7, 11) is 0. The Hall–Kier alpha value is -0.960. The van der Waals surface area contributed by atoms with E-state index in [0.717, 1.165) is 6.07 Å². The van der Waals surface area contributed by atoms with E-state index < -0.39 is 11.7 Å². The Balaban J connectivity index is 3.10. The molecule has 0 bridgehead atoms. The van der Waals surface area contributed by atoms with Gasteiger partial charge in [-0.15, -0.1) is 11.6 Å². The lowest BCUT2D eigenvalue weighted by atomic mass is 10.1. The van der Waals surface area contributed by atoms with Crippen LogP contribution in [0.4, 0.5) is 13.2 Å². The molecule has 0 aliphatic carbocycles. The van der Waals surface area contributed by atoms with Crippen LogP contribution in [-0.2, 0) is 6.18 Å². The second kappa shape index (κ2) is 4.51. The van der Waals surface area contributed by atoms with E-state index in [1.54, 1.807) is 6.07 Å². The van der Waals surface area contributed by atoms with Gasteiger partial charge < -0.3 is 0 Å². The molecule has 0 radical (unpaired) electrons. The van der Waals surface area contributed by atoms with E-state index in [1.807, 2.05) is 0 Å². The summed E-state index contributed by atoms with van der Waals surface area (Å²) in [4.78, 5) is 0. The summed E-state index contributed by atoms with van der Waals surface area (Å²) in [5, 5.41) is 0. The minimum absolute atomic E-state index is 0.139. The molecule has 1 rings (SSSR count). The van der Waals surface area contributed by atoms with Crippen molar-refractivity contribution >= 4 is 17.7 Å². The molecule has 0 atom stereocenters. The summed E-state index contributed by atoms with van der Waals surface area (Å²) >= 11 is 5.35. The zero-order valence-electron chi connectivity index (χ0n) is 7.18. The summed E-state index contributed by atoms with van der Waals surface area (Å²) in [5.41, 5.74) is -0.498. The van der Waals surface area contributed by atoms with Crippen molar-refractivity contribution in [2.75, 3.05) is 5.88 Å². The predicted molar refractivity (Wildman–Crippen MR) is 51.2 cm³/mol. The number of hydrogen-bond donors (Lipinski definition) is 0. The van der Waals surface area contributed by atoms with Gasteiger partial charge in [0.15, 0.2) is 0 Å². The van der Waals surface area contributed by atoms with Crippen LogP contribution in [0.5, 0.6) is 0 Å². The van der Waals surface area contributed by atoms with Gasteiger partial charge in [-0.25, -0.2) is 0 Å². The van der Waals surface area contributed by atoms with Gasteiger partial charge in [-0.2, -0.15) is 13.2 Å². The zero-order chi connectivity index (χ0) is 10.6. The Bertz CT molecular complexity index is 328. The van der Waals surface area contributed by atoms with Gasteiger partial charge in [-0.1, -0.05) is 30.4 Å². The van der Waals surface area contributed by atoms with E-state index >= 15 is 0 Å². The molecule has 0 N–H and O–H groups in total. The fourth-order valence-corrected chi connectivity index (χ4v) is 1.16. The summed E-state index contributed by atoms with van der Waals surface area (Å²) in [6, 6.07) is 5.38. The zero-order valence-corrected chi connectivity index (χ0v) is 7.94. The Kier molecular flexibility index (Phi) is 3.58.